The predicted octanol–water partition coefficient (Wildman–Crippen LogP) is 3.67. The minimum atomic E-state index is -0.951. The van der Waals surface area contributed by atoms with Crippen LogP contribution >= 0.6 is 11.6 Å². The van der Waals surface area contributed by atoms with Crippen molar-refractivity contribution in [3.63, 3.8) is 0 Å². The fraction of sp³-hybridized carbons (Fsp3) is 0.389. The maximum absolute atomic E-state index is 12.5. The molecule has 0 bridgehead atoms. The maximum atomic E-state index is 12.5. The number of aromatic nitrogens is 2. The molecule has 0 spiro atoms. The van der Waals surface area contributed by atoms with Crippen molar-refractivity contribution in [1.82, 2.24) is 9.55 Å². The quantitative estimate of drug-likeness (QED) is 0.651. The third-order valence-electron chi connectivity index (χ3n) is 4.29. The Balaban J connectivity index is 1.67. The SMILES string of the molecule is Cc1cc(C(=O)O[C@H](C)C(=O)Nc2cccnc2Cl)c(C)n1C1CC1. The molecule has 1 atom stereocenters. The number of anilines is 1. The van der Waals surface area contributed by atoms with E-state index in [1.807, 2.05) is 19.9 Å². The Hall–Kier alpha value is -2.34. The van der Waals surface area contributed by atoms with Gasteiger partial charge < -0.3 is 14.6 Å². The standard InChI is InChI=1S/C18H20ClN3O3/c1-10-9-14(11(2)22(10)13-6-7-13)18(24)25-12(3)17(23)21-15-5-4-8-20-16(15)19/h4-5,8-9,12-13H,6-7H2,1-3H3,(H,21,23)/t12-/m1/s1. The van der Waals surface area contributed by atoms with Crippen LogP contribution in [0.5, 0.6) is 0 Å². The van der Waals surface area contributed by atoms with Crippen molar-refractivity contribution in [2.24, 2.45) is 0 Å². The minimum Gasteiger partial charge on any atom is -0.449 e. The lowest BCUT2D eigenvalue weighted by Gasteiger charge is -2.14. The molecule has 7 heteroatoms. The van der Waals surface area contributed by atoms with Crippen LogP contribution in [-0.2, 0) is 9.53 Å². The molecular weight excluding hydrogens is 342 g/mol. The summed E-state index contributed by atoms with van der Waals surface area (Å²) in [7, 11) is 0. The number of nitrogens with zero attached hydrogens (tertiary/aromatic N) is 2. The first-order valence-corrected chi connectivity index (χ1v) is 8.57. The van der Waals surface area contributed by atoms with Gasteiger partial charge >= 0.3 is 5.97 Å². The Labute approximate surface area is 151 Å². The number of rotatable bonds is 5. The van der Waals surface area contributed by atoms with Crippen LogP contribution in [0.25, 0.3) is 0 Å². The topological polar surface area (TPSA) is 73.2 Å². The largest absolute Gasteiger partial charge is 0.449 e. The molecule has 0 unspecified atom stereocenters. The van der Waals surface area contributed by atoms with Gasteiger partial charge in [0.05, 0.1) is 11.3 Å². The molecule has 132 valence electrons. The zero-order chi connectivity index (χ0) is 18.1. The van der Waals surface area contributed by atoms with E-state index in [2.05, 4.69) is 14.9 Å². The van der Waals surface area contributed by atoms with E-state index in [-0.39, 0.29) is 5.15 Å². The van der Waals surface area contributed by atoms with E-state index in [1.54, 1.807) is 12.1 Å². The number of carbonyl (C=O) groups is 2. The first-order valence-electron chi connectivity index (χ1n) is 8.19. The summed E-state index contributed by atoms with van der Waals surface area (Å²) in [6.45, 7) is 5.41. The average Bonchev–Trinajstić information content (AvgIpc) is 3.34. The van der Waals surface area contributed by atoms with Crippen LogP contribution < -0.4 is 5.32 Å². The van der Waals surface area contributed by atoms with Crippen molar-refractivity contribution in [3.8, 4) is 0 Å². The molecule has 1 fully saturated rings. The van der Waals surface area contributed by atoms with Crippen molar-refractivity contribution in [1.29, 1.82) is 0 Å². The number of nitrogens with one attached hydrogen (secondary N) is 1. The van der Waals surface area contributed by atoms with Gasteiger partial charge in [-0.15, -0.1) is 0 Å². The third kappa shape index (κ3) is 3.69. The molecule has 1 saturated carbocycles. The van der Waals surface area contributed by atoms with Gasteiger partial charge in [0.2, 0.25) is 0 Å². The number of pyridine rings is 1. The number of carbonyl (C=O) groups excluding carboxylic acids is 2. The molecule has 0 aliphatic heterocycles. The van der Waals surface area contributed by atoms with Gasteiger partial charge in [-0.3, -0.25) is 4.79 Å². The molecule has 2 heterocycles. The molecule has 0 aromatic carbocycles. The van der Waals surface area contributed by atoms with Gasteiger partial charge in [-0.2, -0.15) is 0 Å². The molecule has 6 nitrogen and oxygen atoms in total. The van der Waals surface area contributed by atoms with Crippen LogP contribution in [-0.4, -0.2) is 27.5 Å². The first kappa shape index (κ1) is 17.5. The fourth-order valence-electron chi connectivity index (χ4n) is 2.87. The smallest absolute Gasteiger partial charge is 0.340 e. The van der Waals surface area contributed by atoms with Crippen LogP contribution in [0.2, 0.25) is 5.15 Å². The summed E-state index contributed by atoms with van der Waals surface area (Å²) in [4.78, 5) is 28.6. The van der Waals surface area contributed by atoms with Gasteiger partial charge in [-0.05, 0) is 51.8 Å². The normalized spacial score (nSPS) is 14.9. The van der Waals surface area contributed by atoms with Crippen LogP contribution in [0, 0.1) is 13.8 Å². The van der Waals surface area contributed by atoms with E-state index in [4.69, 9.17) is 16.3 Å². The van der Waals surface area contributed by atoms with Crippen molar-refractivity contribution < 1.29 is 14.3 Å². The van der Waals surface area contributed by atoms with Crippen molar-refractivity contribution in [2.45, 2.75) is 45.8 Å². The average molecular weight is 362 g/mol. The molecule has 1 aliphatic carbocycles. The summed E-state index contributed by atoms with van der Waals surface area (Å²) in [6.07, 6.45) is 2.84. The van der Waals surface area contributed by atoms with E-state index in [9.17, 15) is 9.59 Å². The Morgan fingerprint density at radius 3 is 2.76 bits per heavy atom. The van der Waals surface area contributed by atoms with Crippen LogP contribution in [0.4, 0.5) is 5.69 Å². The van der Waals surface area contributed by atoms with E-state index in [1.165, 1.54) is 13.1 Å². The molecule has 2 aromatic heterocycles. The van der Waals surface area contributed by atoms with Gasteiger partial charge in [-0.1, -0.05) is 11.6 Å². The molecule has 1 amide bonds. The monoisotopic (exact) mass is 361 g/mol. The summed E-state index contributed by atoms with van der Waals surface area (Å²) in [5.74, 6) is -0.959. The van der Waals surface area contributed by atoms with E-state index < -0.39 is 18.0 Å². The molecule has 3 rings (SSSR count). The summed E-state index contributed by atoms with van der Waals surface area (Å²) in [6, 6.07) is 5.59. The summed E-state index contributed by atoms with van der Waals surface area (Å²) in [5, 5.41) is 2.79. The Kier molecular flexibility index (Phi) is 4.81. The first-order chi connectivity index (χ1) is 11.9. The molecule has 0 saturated heterocycles. The second-order valence-corrected chi connectivity index (χ2v) is 6.62. The lowest BCUT2D eigenvalue weighted by atomic mass is 10.2. The molecule has 2 aromatic rings. The van der Waals surface area contributed by atoms with E-state index >= 15 is 0 Å². The van der Waals surface area contributed by atoms with Gasteiger partial charge in [0.25, 0.3) is 5.91 Å². The fourth-order valence-corrected chi connectivity index (χ4v) is 3.04. The van der Waals surface area contributed by atoms with Gasteiger partial charge in [0, 0.05) is 23.6 Å². The van der Waals surface area contributed by atoms with E-state index in [0.29, 0.717) is 17.3 Å². The summed E-state index contributed by atoms with van der Waals surface area (Å²) >= 11 is 5.91. The van der Waals surface area contributed by atoms with Gasteiger partial charge in [0.1, 0.15) is 0 Å². The van der Waals surface area contributed by atoms with Crippen LogP contribution in [0.3, 0.4) is 0 Å². The van der Waals surface area contributed by atoms with Crippen molar-refractivity contribution in [3.05, 3.63) is 46.5 Å². The highest BCUT2D eigenvalue weighted by atomic mass is 35.5. The molecular formula is C18H20ClN3O3. The maximum Gasteiger partial charge on any atom is 0.340 e. The lowest BCUT2D eigenvalue weighted by Crippen LogP contribution is -2.30. The molecule has 1 aliphatic rings. The van der Waals surface area contributed by atoms with Crippen LogP contribution in [0.1, 0.15) is 47.6 Å². The third-order valence-corrected chi connectivity index (χ3v) is 4.59. The highest BCUT2D eigenvalue weighted by Gasteiger charge is 2.29. The Bertz CT molecular complexity index is 827. The second kappa shape index (κ2) is 6.88. The second-order valence-electron chi connectivity index (χ2n) is 6.26. The predicted molar refractivity (Wildman–Crippen MR) is 94.9 cm³/mol. The Morgan fingerprint density at radius 2 is 2.12 bits per heavy atom. The molecule has 25 heavy (non-hydrogen) atoms. The van der Waals surface area contributed by atoms with E-state index in [0.717, 1.165) is 24.2 Å². The Morgan fingerprint density at radius 1 is 1.40 bits per heavy atom. The van der Waals surface area contributed by atoms with Gasteiger partial charge in [-0.25, -0.2) is 9.78 Å². The van der Waals surface area contributed by atoms with Crippen LogP contribution in [0.15, 0.2) is 24.4 Å². The number of esters is 1. The summed E-state index contributed by atoms with van der Waals surface area (Å²) in [5.41, 5.74) is 2.80. The van der Waals surface area contributed by atoms with Gasteiger partial charge in [0.15, 0.2) is 11.3 Å². The molecule has 1 N–H and O–H groups in total. The van der Waals surface area contributed by atoms with Crippen molar-refractivity contribution in [2.75, 3.05) is 5.32 Å². The number of halogens is 1. The number of hydrogen-bond donors (Lipinski definition) is 1. The molecule has 0 radical (unpaired) electrons. The minimum absolute atomic E-state index is 0.183. The highest BCUT2D eigenvalue weighted by Crippen LogP contribution is 2.38. The zero-order valence-electron chi connectivity index (χ0n) is 14.4. The van der Waals surface area contributed by atoms with Crippen molar-refractivity contribution >= 4 is 29.2 Å². The lowest BCUT2D eigenvalue weighted by molar-refractivity contribution is -0.123. The highest BCUT2D eigenvalue weighted by molar-refractivity contribution is 6.32. The number of aryl methyl sites for hydroxylation is 1. The number of ether oxygens (including phenoxy) is 1. The zero-order valence-corrected chi connectivity index (χ0v) is 15.1. The summed E-state index contributed by atoms with van der Waals surface area (Å²) < 4.78 is 7.50. The number of hydrogen-bond acceptors (Lipinski definition) is 4. The number of amides is 1.